The van der Waals surface area contributed by atoms with Crippen LogP contribution in [-0.4, -0.2) is 4.98 Å². The van der Waals surface area contributed by atoms with Crippen molar-refractivity contribution in [2.24, 2.45) is 0 Å². The van der Waals surface area contributed by atoms with Crippen LogP contribution in [0.5, 0.6) is 0 Å². The topological polar surface area (TPSA) is 52.0 Å². The lowest BCUT2D eigenvalue weighted by atomic mass is 9.97. The molecule has 2 N–H and O–H groups in total. The molecule has 1 heterocycles. The van der Waals surface area contributed by atoms with E-state index in [-0.39, 0.29) is 6.01 Å². The van der Waals surface area contributed by atoms with Gasteiger partial charge in [0.1, 0.15) is 11.5 Å². The average Bonchev–Trinajstić information content (AvgIpc) is 2.79. The van der Waals surface area contributed by atoms with Gasteiger partial charge in [-0.1, -0.05) is 45.0 Å². The fourth-order valence-corrected chi connectivity index (χ4v) is 2.04. The molecule has 2 rings (SSSR count). The molecule has 0 spiro atoms. The minimum absolute atomic E-state index is 0.243. The fraction of sp³-hybridized carbons (Fsp3) is 0.400. The van der Waals surface area contributed by atoms with E-state index in [0.717, 1.165) is 29.9 Å². The Morgan fingerprint density at radius 2 is 1.89 bits per heavy atom. The maximum absolute atomic E-state index is 5.61. The highest BCUT2D eigenvalue weighted by molar-refractivity contribution is 5.63. The van der Waals surface area contributed by atoms with Gasteiger partial charge in [-0.15, -0.1) is 0 Å². The van der Waals surface area contributed by atoms with E-state index in [9.17, 15) is 0 Å². The zero-order valence-electron chi connectivity index (χ0n) is 11.2. The lowest BCUT2D eigenvalue weighted by molar-refractivity contribution is 0.530. The van der Waals surface area contributed by atoms with Crippen molar-refractivity contribution in [2.45, 2.75) is 39.5 Å². The third kappa shape index (κ3) is 2.40. The minimum Gasteiger partial charge on any atom is -0.428 e. The molecular weight excluding hydrogens is 224 g/mol. The highest BCUT2D eigenvalue weighted by Gasteiger charge is 2.12. The third-order valence-electron chi connectivity index (χ3n) is 3.40. The van der Waals surface area contributed by atoms with Gasteiger partial charge < -0.3 is 10.2 Å². The summed E-state index contributed by atoms with van der Waals surface area (Å²) in [4.78, 5) is 4.26. The molecule has 1 unspecified atom stereocenters. The molecule has 0 aliphatic carbocycles. The van der Waals surface area contributed by atoms with Gasteiger partial charge in [0.05, 0.1) is 0 Å². The first-order valence-electron chi connectivity index (χ1n) is 6.51. The standard InChI is InChI=1S/C15H20N2O/c1-4-10(3)11-6-8-12(9-7-11)14-13(5-2)18-15(16)17-14/h6-10H,4-5H2,1-3H3,(H2,16,17). The maximum Gasteiger partial charge on any atom is 0.292 e. The number of nitrogen functional groups attached to an aromatic ring is 1. The number of anilines is 1. The van der Waals surface area contributed by atoms with Crippen molar-refractivity contribution in [3.8, 4) is 11.3 Å². The summed E-state index contributed by atoms with van der Waals surface area (Å²) in [5.41, 5.74) is 8.91. The van der Waals surface area contributed by atoms with Crippen molar-refractivity contribution in [1.29, 1.82) is 0 Å². The molecule has 1 atom stereocenters. The van der Waals surface area contributed by atoms with Crippen LogP contribution in [-0.2, 0) is 6.42 Å². The van der Waals surface area contributed by atoms with Crippen LogP contribution >= 0.6 is 0 Å². The van der Waals surface area contributed by atoms with Gasteiger partial charge in [-0.05, 0) is 17.9 Å². The summed E-state index contributed by atoms with van der Waals surface area (Å²) in [7, 11) is 0. The number of hydrogen-bond acceptors (Lipinski definition) is 3. The Kier molecular flexibility index (Phi) is 3.70. The first-order valence-corrected chi connectivity index (χ1v) is 6.51. The molecule has 96 valence electrons. The molecule has 1 aromatic carbocycles. The Hall–Kier alpha value is -1.77. The second kappa shape index (κ2) is 5.25. The molecule has 0 radical (unpaired) electrons. The molecule has 3 heteroatoms. The van der Waals surface area contributed by atoms with Gasteiger partial charge in [-0.3, -0.25) is 0 Å². The smallest absolute Gasteiger partial charge is 0.292 e. The first kappa shape index (κ1) is 12.7. The number of oxazole rings is 1. The molecular formula is C15H20N2O. The van der Waals surface area contributed by atoms with Crippen LogP contribution in [0.15, 0.2) is 28.7 Å². The summed E-state index contributed by atoms with van der Waals surface area (Å²) < 4.78 is 5.38. The van der Waals surface area contributed by atoms with Crippen LogP contribution in [0.1, 0.15) is 44.4 Å². The quantitative estimate of drug-likeness (QED) is 0.884. The van der Waals surface area contributed by atoms with E-state index in [1.807, 2.05) is 6.92 Å². The van der Waals surface area contributed by atoms with Crippen molar-refractivity contribution < 1.29 is 4.42 Å². The van der Waals surface area contributed by atoms with Crippen LogP contribution in [0, 0.1) is 0 Å². The zero-order chi connectivity index (χ0) is 13.1. The van der Waals surface area contributed by atoms with Gasteiger partial charge in [-0.25, -0.2) is 0 Å². The molecule has 1 aromatic heterocycles. The predicted molar refractivity (Wildman–Crippen MR) is 74.4 cm³/mol. The molecule has 3 nitrogen and oxygen atoms in total. The van der Waals surface area contributed by atoms with Gasteiger partial charge in [0.15, 0.2) is 0 Å². The van der Waals surface area contributed by atoms with E-state index in [2.05, 4.69) is 43.1 Å². The monoisotopic (exact) mass is 244 g/mol. The average molecular weight is 244 g/mol. The van der Waals surface area contributed by atoms with E-state index < -0.39 is 0 Å². The molecule has 0 fully saturated rings. The summed E-state index contributed by atoms with van der Waals surface area (Å²) in [6.45, 7) is 6.48. The van der Waals surface area contributed by atoms with Crippen LogP contribution in [0.3, 0.4) is 0 Å². The lowest BCUT2D eigenvalue weighted by Gasteiger charge is -2.09. The largest absolute Gasteiger partial charge is 0.428 e. The Balaban J connectivity index is 2.34. The number of nitrogens with zero attached hydrogens (tertiary/aromatic N) is 1. The van der Waals surface area contributed by atoms with Crippen LogP contribution < -0.4 is 5.73 Å². The number of hydrogen-bond donors (Lipinski definition) is 1. The normalized spacial score (nSPS) is 12.6. The van der Waals surface area contributed by atoms with Crippen LogP contribution in [0.25, 0.3) is 11.3 Å². The van der Waals surface area contributed by atoms with Crippen molar-refractivity contribution in [3.63, 3.8) is 0 Å². The molecule has 2 aromatic rings. The summed E-state index contributed by atoms with van der Waals surface area (Å²) in [6, 6.07) is 8.75. The lowest BCUT2D eigenvalue weighted by Crippen LogP contribution is -1.91. The molecule has 0 bridgehead atoms. The van der Waals surface area contributed by atoms with Gasteiger partial charge in [0, 0.05) is 12.0 Å². The fourth-order valence-electron chi connectivity index (χ4n) is 2.04. The highest BCUT2D eigenvalue weighted by Crippen LogP contribution is 2.27. The van der Waals surface area contributed by atoms with E-state index in [0.29, 0.717) is 5.92 Å². The second-order valence-electron chi connectivity index (χ2n) is 4.61. The summed E-state index contributed by atoms with van der Waals surface area (Å²) in [6.07, 6.45) is 1.95. The van der Waals surface area contributed by atoms with Crippen molar-refractivity contribution in [3.05, 3.63) is 35.6 Å². The minimum atomic E-state index is 0.243. The Labute approximate surface area is 108 Å². The molecule has 0 saturated heterocycles. The maximum atomic E-state index is 5.61. The summed E-state index contributed by atoms with van der Waals surface area (Å²) in [5.74, 6) is 1.44. The van der Waals surface area contributed by atoms with Gasteiger partial charge in [0.2, 0.25) is 0 Å². The number of rotatable bonds is 4. The second-order valence-corrected chi connectivity index (χ2v) is 4.61. The molecule has 18 heavy (non-hydrogen) atoms. The SMILES string of the molecule is CCc1oc(N)nc1-c1ccc(C(C)CC)cc1. The van der Waals surface area contributed by atoms with Gasteiger partial charge in [-0.2, -0.15) is 4.98 Å². The molecule has 0 aliphatic heterocycles. The molecule has 0 aliphatic rings. The third-order valence-corrected chi connectivity index (χ3v) is 3.40. The Morgan fingerprint density at radius 1 is 1.22 bits per heavy atom. The van der Waals surface area contributed by atoms with E-state index >= 15 is 0 Å². The van der Waals surface area contributed by atoms with Crippen LogP contribution in [0.4, 0.5) is 6.01 Å². The Morgan fingerprint density at radius 3 is 2.44 bits per heavy atom. The predicted octanol–water partition coefficient (Wildman–Crippen LogP) is 4.00. The Bertz CT molecular complexity index is 514. The first-order chi connectivity index (χ1) is 8.65. The van der Waals surface area contributed by atoms with Crippen molar-refractivity contribution in [2.75, 3.05) is 5.73 Å². The summed E-state index contributed by atoms with van der Waals surface area (Å²) in [5, 5.41) is 0. The van der Waals surface area contributed by atoms with Gasteiger partial charge in [0.25, 0.3) is 6.01 Å². The number of aromatic nitrogens is 1. The van der Waals surface area contributed by atoms with Gasteiger partial charge >= 0.3 is 0 Å². The van der Waals surface area contributed by atoms with E-state index in [1.54, 1.807) is 0 Å². The number of benzene rings is 1. The zero-order valence-corrected chi connectivity index (χ0v) is 11.2. The summed E-state index contributed by atoms with van der Waals surface area (Å²) >= 11 is 0. The number of aryl methyl sites for hydroxylation is 1. The van der Waals surface area contributed by atoms with Crippen LogP contribution in [0.2, 0.25) is 0 Å². The van der Waals surface area contributed by atoms with E-state index in [1.165, 1.54) is 5.56 Å². The van der Waals surface area contributed by atoms with Crippen molar-refractivity contribution in [1.82, 2.24) is 4.98 Å². The highest BCUT2D eigenvalue weighted by atomic mass is 16.4. The molecule has 0 amide bonds. The van der Waals surface area contributed by atoms with Crippen molar-refractivity contribution >= 4 is 6.01 Å². The number of nitrogens with two attached hydrogens (primary N) is 1. The van der Waals surface area contributed by atoms with E-state index in [4.69, 9.17) is 10.2 Å². The molecule has 0 saturated carbocycles.